The maximum Gasteiger partial charge on any atom is 0.269 e. The second-order valence-electron chi connectivity index (χ2n) is 6.19. The van der Waals surface area contributed by atoms with Gasteiger partial charge in [0.2, 0.25) is 0 Å². The highest BCUT2D eigenvalue weighted by Crippen LogP contribution is 2.12. The van der Waals surface area contributed by atoms with E-state index < -0.39 is 11.8 Å². The smallest absolute Gasteiger partial charge is 0.269 e. The molecule has 0 fully saturated rings. The normalized spacial score (nSPS) is 10.5. The van der Waals surface area contributed by atoms with Gasteiger partial charge in [0, 0.05) is 22.9 Å². The number of anilines is 1. The van der Waals surface area contributed by atoms with E-state index in [0.717, 1.165) is 5.56 Å². The van der Waals surface area contributed by atoms with Crippen LogP contribution in [0.15, 0.2) is 77.4 Å². The Balaban J connectivity index is 1.52. The predicted molar refractivity (Wildman–Crippen MR) is 109 cm³/mol. The van der Waals surface area contributed by atoms with Crippen molar-refractivity contribution in [2.75, 3.05) is 5.32 Å². The molecular formula is C22H19N3O4. The van der Waals surface area contributed by atoms with Crippen LogP contribution in [0, 0.1) is 6.92 Å². The van der Waals surface area contributed by atoms with Gasteiger partial charge in [0.25, 0.3) is 17.7 Å². The molecule has 0 unspecified atom stereocenters. The maximum atomic E-state index is 12.3. The lowest BCUT2D eigenvalue weighted by molar-refractivity contribution is -0.117. The Labute approximate surface area is 167 Å². The molecule has 0 atom stereocenters. The average molecular weight is 389 g/mol. The molecule has 3 amide bonds. The Morgan fingerprint density at radius 2 is 1.66 bits per heavy atom. The molecular weight excluding hydrogens is 370 g/mol. The first kappa shape index (κ1) is 19.6. The zero-order chi connectivity index (χ0) is 20.6. The van der Waals surface area contributed by atoms with Crippen molar-refractivity contribution in [3.05, 3.63) is 95.5 Å². The highest BCUT2D eigenvalue weighted by Gasteiger charge is 2.09. The molecule has 146 valence electrons. The van der Waals surface area contributed by atoms with E-state index in [1.54, 1.807) is 48.5 Å². The van der Waals surface area contributed by atoms with Crippen molar-refractivity contribution in [1.29, 1.82) is 0 Å². The molecule has 7 heteroatoms. The average Bonchev–Trinajstić information content (AvgIpc) is 3.24. The lowest BCUT2D eigenvalue weighted by atomic mass is 10.1. The van der Waals surface area contributed by atoms with E-state index in [-0.39, 0.29) is 5.91 Å². The van der Waals surface area contributed by atoms with E-state index in [4.69, 9.17) is 4.42 Å². The van der Waals surface area contributed by atoms with Crippen LogP contribution in [0.1, 0.15) is 32.0 Å². The Hall–Kier alpha value is -4.13. The Bertz CT molecular complexity index is 1040. The second kappa shape index (κ2) is 9.18. The quantitative estimate of drug-likeness (QED) is 0.460. The first-order valence-corrected chi connectivity index (χ1v) is 8.81. The number of carbonyl (C=O) groups is 3. The van der Waals surface area contributed by atoms with Crippen LogP contribution in [-0.4, -0.2) is 17.7 Å². The number of aryl methyl sites for hydroxylation is 1. The van der Waals surface area contributed by atoms with E-state index in [1.807, 2.05) is 19.1 Å². The summed E-state index contributed by atoms with van der Waals surface area (Å²) in [7, 11) is 0. The lowest BCUT2D eigenvalue weighted by Gasteiger charge is -2.08. The fraction of sp³-hybridized carbons (Fsp3) is 0.0455. The molecule has 2 aromatic carbocycles. The number of hydrogen-bond donors (Lipinski definition) is 3. The molecule has 0 aliphatic rings. The molecule has 0 saturated carbocycles. The Morgan fingerprint density at radius 3 is 2.34 bits per heavy atom. The van der Waals surface area contributed by atoms with Gasteiger partial charge in [-0.3, -0.25) is 25.2 Å². The number of hydrazine groups is 1. The number of carbonyl (C=O) groups excluding carboxylic acids is 3. The van der Waals surface area contributed by atoms with Gasteiger partial charge < -0.3 is 9.73 Å². The summed E-state index contributed by atoms with van der Waals surface area (Å²) in [4.78, 5) is 36.1. The molecule has 3 aromatic rings. The number of hydrogen-bond acceptors (Lipinski definition) is 4. The molecule has 3 N–H and O–H groups in total. The minimum Gasteiger partial charge on any atom is -0.465 e. The van der Waals surface area contributed by atoms with Crippen LogP contribution in [0.3, 0.4) is 0 Å². The van der Waals surface area contributed by atoms with E-state index in [0.29, 0.717) is 22.6 Å². The Morgan fingerprint density at radius 1 is 0.862 bits per heavy atom. The number of nitrogens with one attached hydrogen (secondary N) is 3. The van der Waals surface area contributed by atoms with Gasteiger partial charge in [-0.1, -0.05) is 17.7 Å². The third-order valence-electron chi connectivity index (χ3n) is 3.93. The van der Waals surface area contributed by atoms with Crippen molar-refractivity contribution in [2.45, 2.75) is 6.92 Å². The molecule has 1 heterocycles. The lowest BCUT2D eigenvalue weighted by Crippen LogP contribution is -2.40. The fourth-order valence-corrected chi connectivity index (χ4v) is 2.47. The van der Waals surface area contributed by atoms with Crippen molar-refractivity contribution in [3.63, 3.8) is 0 Å². The van der Waals surface area contributed by atoms with Gasteiger partial charge in [-0.05, 0) is 61.5 Å². The highest BCUT2D eigenvalue weighted by molar-refractivity contribution is 6.04. The molecule has 1 aromatic heterocycles. The summed E-state index contributed by atoms with van der Waals surface area (Å²) in [5.74, 6) is -0.700. The number of rotatable bonds is 5. The molecule has 29 heavy (non-hydrogen) atoms. The number of benzene rings is 2. The molecule has 0 spiro atoms. The number of furan rings is 1. The summed E-state index contributed by atoms with van der Waals surface area (Å²) < 4.78 is 5.07. The van der Waals surface area contributed by atoms with Gasteiger partial charge in [-0.2, -0.15) is 0 Å². The van der Waals surface area contributed by atoms with Crippen molar-refractivity contribution in [1.82, 2.24) is 10.9 Å². The summed E-state index contributed by atoms with van der Waals surface area (Å²) in [6.45, 7) is 1.91. The van der Waals surface area contributed by atoms with Crippen LogP contribution < -0.4 is 16.2 Å². The fourth-order valence-electron chi connectivity index (χ4n) is 2.47. The summed E-state index contributed by atoms with van der Waals surface area (Å²) in [6.07, 6.45) is 4.21. The summed E-state index contributed by atoms with van der Waals surface area (Å²) >= 11 is 0. The largest absolute Gasteiger partial charge is 0.465 e. The maximum absolute atomic E-state index is 12.3. The molecule has 0 saturated heterocycles. The summed E-state index contributed by atoms with van der Waals surface area (Å²) in [5, 5.41) is 2.77. The first-order valence-electron chi connectivity index (χ1n) is 8.81. The van der Waals surface area contributed by atoms with E-state index in [1.165, 1.54) is 18.4 Å². The molecule has 7 nitrogen and oxygen atoms in total. The molecule has 0 radical (unpaired) electrons. The monoisotopic (exact) mass is 389 g/mol. The van der Waals surface area contributed by atoms with Crippen LogP contribution in [0.2, 0.25) is 0 Å². The minimum absolute atomic E-state index is 0.235. The van der Waals surface area contributed by atoms with Gasteiger partial charge in [-0.25, -0.2) is 0 Å². The second-order valence-corrected chi connectivity index (χ2v) is 6.19. The predicted octanol–water partition coefficient (Wildman–Crippen LogP) is 3.31. The van der Waals surface area contributed by atoms with Crippen LogP contribution in [0.4, 0.5) is 5.69 Å². The third kappa shape index (κ3) is 5.67. The van der Waals surface area contributed by atoms with E-state index in [2.05, 4.69) is 16.2 Å². The van der Waals surface area contributed by atoms with Gasteiger partial charge in [0.05, 0.1) is 6.26 Å². The standard InChI is InChI=1S/C22H19N3O4/c1-15-4-2-5-17(14-15)21(27)23-18-9-7-16(8-10-18)22(28)25-24-20(26)12-11-19-6-3-13-29-19/h2-14H,1H3,(H,23,27)(H,24,26)(H,25,28). The van der Waals surface area contributed by atoms with Gasteiger partial charge in [0.15, 0.2) is 0 Å². The molecule has 0 aliphatic heterocycles. The third-order valence-corrected chi connectivity index (χ3v) is 3.93. The molecule has 0 bridgehead atoms. The van der Waals surface area contributed by atoms with Crippen LogP contribution in [-0.2, 0) is 4.79 Å². The van der Waals surface area contributed by atoms with Crippen molar-refractivity contribution >= 4 is 29.5 Å². The van der Waals surface area contributed by atoms with Crippen molar-refractivity contribution in [2.24, 2.45) is 0 Å². The zero-order valence-corrected chi connectivity index (χ0v) is 15.6. The summed E-state index contributed by atoms with van der Waals surface area (Å²) in [6, 6.07) is 17.0. The van der Waals surface area contributed by atoms with Crippen LogP contribution in [0.5, 0.6) is 0 Å². The van der Waals surface area contributed by atoms with Gasteiger partial charge in [0.1, 0.15) is 5.76 Å². The van der Waals surface area contributed by atoms with Crippen LogP contribution in [0.25, 0.3) is 6.08 Å². The highest BCUT2D eigenvalue weighted by atomic mass is 16.3. The molecule has 3 rings (SSSR count). The Kier molecular flexibility index (Phi) is 6.22. The minimum atomic E-state index is -0.503. The van der Waals surface area contributed by atoms with Gasteiger partial charge >= 0.3 is 0 Å². The topological polar surface area (TPSA) is 100 Å². The summed E-state index contributed by atoms with van der Waals surface area (Å²) in [5.41, 5.74) is 7.02. The van der Waals surface area contributed by atoms with Crippen molar-refractivity contribution < 1.29 is 18.8 Å². The first-order chi connectivity index (χ1) is 14.0. The zero-order valence-electron chi connectivity index (χ0n) is 15.6. The van der Waals surface area contributed by atoms with E-state index in [9.17, 15) is 14.4 Å². The van der Waals surface area contributed by atoms with Crippen molar-refractivity contribution in [3.8, 4) is 0 Å². The number of amides is 3. The SMILES string of the molecule is Cc1cccc(C(=O)Nc2ccc(C(=O)NNC(=O)C=Cc3ccco3)cc2)c1. The van der Waals surface area contributed by atoms with Gasteiger partial charge in [-0.15, -0.1) is 0 Å². The van der Waals surface area contributed by atoms with Crippen LogP contribution >= 0.6 is 0 Å². The van der Waals surface area contributed by atoms with E-state index >= 15 is 0 Å². The molecule has 0 aliphatic carbocycles.